The standard InChI is InChI=1S/C13H7ClF3NO2/c14-11-5-9(2-1-8(11)7-19)20-10-3-4-12(18-6-10)13(15,16)17/h1-7H. The average Bonchev–Trinajstić information content (AvgIpc) is 2.38. The molecule has 2 aromatic rings. The zero-order valence-electron chi connectivity index (χ0n) is 9.82. The predicted molar refractivity (Wildman–Crippen MR) is 66.2 cm³/mol. The van der Waals surface area contributed by atoms with Gasteiger partial charge in [-0.05, 0) is 24.3 Å². The van der Waals surface area contributed by atoms with Crippen molar-refractivity contribution in [2.75, 3.05) is 0 Å². The fourth-order valence-corrected chi connectivity index (χ4v) is 1.63. The van der Waals surface area contributed by atoms with E-state index < -0.39 is 11.9 Å². The number of carbonyl (C=O) groups is 1. The molecule has 0 saturated heterocycles. The summed E-state index contributed by atoms with van der Waals surface area (Å²) in [4.78, 5) is 13.8. The highest BCUT2D eigenvalue weighted by molar-refractivity contribution is 6.33. The van der Waals surface area contributed by atoms with Crippen LogP contribution in [0.4, 0.5) is 13.2 Å². The maximum absolute atomic E-state index is 12.3. The molecule has 2 rings (SSSR count). The lowest BCUT2D eigenvalue weighted by Crippen LogP contribution is -2.07. The molecule has 0 aliphatic carbocycles. The Morgan fingerprint density at radius 1 is 1.15 bits per heavy atom. The normalized spacial score (nSPS) is 11.2. The second kappa shape index (κ2) is 5.50. The van der Waals surface area contributed by atoms with Gasteiger partial charge in [0.15, 0.2) is 6.29 Å². The van der Waals surface area contributed by atoms with Crippen LogP contribution in [0.5, 0.6) is 11.5 Å². The Morgan fingerprint density at radius 3 is 2.35 bits per heavy atom. The van der Waals surface area contributed by atoms with E-state index in [1.807, 2.05) is 0 Å². The zero-order chi connectivity index (χ0) is 14.8. The van der Waals surface area contributed by atoms with E-state index in [-0.39, 0.29) is 10.8 Å². The number of rotatable bonds is 3. The number of nitrogens with zero attached hydrogens (tertiary/aromatic N) is 1. The molecule has 0 fully saturated rings. The van der Waals surface area contributed by atoms with E-state index in [9.17, 15) is 18.0 Å². The lowest BCUT2D eigenvalue weighted by molar-refractivity contribution is -0.141. The maximum Gasteiger partial charge on any atom is 0.433 e. The molecule has 0 aliphatic heterocycles. The molecule has 20 heavy (non-hydrogen) atoms. The van der Waals surface area contributed by atoms with Crippen molar-refractivity contribution in [3.63, 3.8) is 0 Å². The number of hydrogen-bond donors (Lipinski definition) is 0. The van der Waals surface area contributed by atoms with E-state index in [1.54, 1.807) is 0 Å². The molecule has 0 unspecified atom stereocenters. The van der Waals surface area contributed by atoms with Gasteiger partial charge in [0.1, 0.15) is 17.2 Å². The number of ether oxygens (including phenoxy) is 1. The Bertz CT molecular complexity index is 627. The molecule has 1 aromatic heterocycles. The third kappa shape index (κ3) is 3.27. The summed E-state index contributed by atoms with van der Waals surface area (Å²) in [5.74, 6) is 0.426. The summed E-state index contributed by atoms with van der Waals surface area (Å²) in [6.07, 6.45) is -2.94. The summed E-state index contributed by atoms with van der Waals surface area (Å²) < 4.78 is 42.3. The van der Waals surface area contributed by atoms with Crippen molar-refractivity contribution in [3.05, 3.63) is 52.8 Å². The monoisotopic (exact) mass is 301 g/mol. The SMILES string of the molecule is O=Cc1ccc(Oc2ccc(C(F)(F)F)nc2)cc1Cl. The number of pyridine rings is 1. The van der Waals surface area contributed by atoms with Gasteiger partial charge in [0.25, 0.3) is 0 Å². The summed E-state index contributed by atoms with van der Waals surface area (Å²) >= 11 is 5.81. The minimum absolute atomic E-state index is 0.132. The van der Waals surface area contributed by atoms with E-state index >= 15 is 0 Å². The molecule has 0 aliphatic rings. The molecule has 0 spiro atoms. The Balaban J connectivity index is 2.18. The number of alkyl halides is 3. The van der Waals surface area contributed by atoms with E-state index in [4.69, 9.17) is 16.3 Å². The Labute approximate surface area is 117 Å². The van der Waals surface area contributed by atoms with Crippen molar-refractivity contribution in [3.8, 4) is 11.5 Å². The summed E-state index contributed by atoms with van der Waals surface area (Å²) in [5.41, 5.74) is -0.705. The first kappa shape index (κ1) is 14.3. The number of hydrogen-bond acceptors (Lipinski definition) is 3. The molecule has 0 N–H and O–H groups in total. The molecule has 104 valence electrons. The number of aldehydes is 1. The second-order valence-electron chi connectivity index (χ2n) is 3.78. The largest absolute Gasteiger partial charge is 0.456 e. The molecule has 0 amide bonds. The molecule has 0 saturated carbocycles. The van der Waals surface area contributed by atoms with Gasteiger partial charge in [-0.3, -0.25) is 4.79 Å². The lowest BCUT2D eigenvalue weighted by Gasteiger charge is -2.08. The third-order valence-corrected chi connectivity index (χ3v) is 2.69. The van der Waals surface area contributed by atoms with Crippen LogP contribution in [-0.4, -0.2) is 11.3 Å². The predicted octanol–water partition coefficient (Wildman–Crippen LogP) is 4.36. The molecule has 7 heteroatoms. The second-order valence-corrected chi connectivity index (χ2v) is 4.19. The van der Waals surface area contributed by atoms with E-state index in [1.165, 1.54) is 18.2 Å². The highest BCUT2D eigenvalue weighted by Crippen LogP contribution is 2.30. The minimum Gasteiger partial charge on any atom is -0.456 e. The highest BCUT2D eigenvalue weighted by atomic mass is 35.5. The Kier molecular flexibility index (Phi) is 3.94. The van der Waals surface area contributed by atoms with Gasteiger partial charge in [0.05, 0.1) is 11.2 Å². The van der Waals surface area contributed by atoms with Crippen LogP contribution in [0.3, 0.4) is 0 Å². The quantitative estimate of drug-likeness (QED) is 0.791. The van der Waals surface area contributed by atoms with Crippen LogP contribution < -0.4 is 4.74 Å². The van der Waals surface area contributed by atoms with Gasteiger partial charge in [0.2, 0.25) is 0 Å². The molecule has 1 aromatic carbocycles. The number of aromatic nitrogens is 1. The number of halogens is 4. The van der Waals surface area contributed by atoms with Crippen LogP contribution >= 0.6 is 11.6 Å². The van der Waals surface area contributed by atoms with Crippen LogP contribution in [0.15, 0.2) is 36.5 Å². The van der Waals surface area contributed by atoms with E-state index in [0.717, 1.165) is 18.3 Å². The number of carbonyl (C=O) groups excluding carboxylic acids is 1. The van der Waals surface area contributed by atoms with Crippen LogP contribution in [0, 0.1) is 0 Å². The first-order valence-electron chi connectivity index (χ1n) is 5.36. The molecule has 0 atom stereocenters. The van der Waals surface area contributed by atoms with E-state index in [2.05, 4.69) is 4.98 Å². The van der Waals surface area contributed by atoms with Crippen LogP contribution in [0.25, 0.3) is 0 Å². The zero-order valence-corrected chi connectivity index (χ0v) is 10.6. The topological polar surface area (TPSA) is 39.2 Å². The van der Waals surface area contributed by atoms with Gasteiger partial charge in [0, 0.05) is 11.6 Å². The molecule has 3 nitrogen and oxygen atoms in total. The summed E-state index contributed by atoms with van der Waals surface area (Å²) in [6, 6.07) is 6.28. The van der Waals surface area contributed by atoms with Crippen molar-refractivity contribution >= 4 is 17.9 Å². The van der Waals surface area contributed by atoms with E-state index in [0.29, 0.717) is 17.6 Å². The van der Waals surface area contributed by atoms with Crippen molar-refractivity contribution in [1.82, 2.24) is 4.98 Å². The summed E-state index contributed by atoms with van der Waals surface area (Å²) in [6.45, 7) is 0. The van der Waals surface area contributed by atoms with Gasteiger partial charge in [-0.2, -0.15) is 13.2 Å². The van der Waals surface area contributed by atoms with Gasteiger partial charge in [-0.15, -0.1) is 0 Å². The van der Waals surface area contributed by atoms with Crippen molar-refractivity contribution < 1.29 is 22.7 Å². The Hall–Kier alpha value is -2.08. The smallest absolute Gasteiger partial charge is 0.433 e. The molecular formula is C13H7ClF3NO2. The van der Waals surface area contributed by atoms with Crippen molar-refractivity contribution in [2.45, 2.75) is 6.18 Å². The molecule has 1 heterocycles. The molecule has 0 bridgehead atoms. The first-order chi connectivity index (χ1) is 9.40. The molecular weight excluding hydrogens is 295 g/mol. The highest BCUT2D eigenvalue weighted by Gasteiger charge is 2.32. The molecule has 0 radical (unpaired) electrons. The maximum atomic E-state index is 12.3. The van der Waals surface area contributed by atoms with Crippen molar-refractivity contribution in [1.29, 1.82) is 0 Å². The summed E-state index contributed by atoms with van der Waals surface area (Å²) in [7, 11) is 0. The van der Waals surface area contributed by atoms with Gasteiger partial charge < -0.3 is 4.74 Å². The minimum atomic E-state index is -4.49. The van der Waals surface area contributed by atoms with Gasteiger partial charge in [-0.25, -0.2) is 4.98 Å². The van der Waals surface area contributed by atoms with Crippen LogP contribution in [-0.2, 0) is 6.18 Å². The first-order valence-corrected chi connectivity index (χ1v) is 5.74. The van der Waals surface area contributed by atoms with Gasteiger partial charge >= 0.3 is 6.18 Å². The third-order valence-electron chi connectivity index (χ3n) is 2.36. The van der Waals surface area contributed by atoms with Gasteiger partial charge in [-0.1, -0.05) is 11.6 Å². The fraction of sp³-hybridized carbons (Fsp3) is 0.0769. The van der Waals surface area contributed by atoms with Crippen LogP contribution in [0.1, 0.15) is 16.1 Å². The fourth-order valence-electron chi connectivity index (χ4n) is 1.41. The Morgan fingerprint density at radius 2 is 1.85 bits per heavy atom. The van der Waals surface area contributed by atoms with Crippen molar-refractivity contribution in [2.24, 2.45) is 0 Å². The van der Waals surface area contributed by atoms with Crippen LogP contribution in [0.2, 0.25) is 5.02 Å². The lowest BCUT2D eigenvalue weighted by atomic mass is 10.2. The number of benzene rings is 1. The summed E-state index contributed by atoms with van der Waals surface area (Å²) in [5, 5.41) is 0.192. The average molecular weight is 302 g/mol.